The van der Waals surface area contributed by atoms with Crippen LogP contribution in [0.4, 0.5) is 23.4 Å². The number of nitriles is 1. The third kappa shape index (κ3) is 5.15. The van der Waals surface area contributed by atoms with E-state index in [1.807, 2.05) is 0 Å². The summed E-state index contributed by atoms with van der Waals surface area (Å²) in [7, 11) is 0. The summed E-state index contributed by atoms with van der Waals surface area (Å²) in [6, 6.07) is 7.33. The summed E-state index contributed by atoms with van der Waals surface area (Å²) >= 11 is 0. The quantitative estimate of drug-likeness (QED) is 0.576. The number of carbonyl (C=O) groups excluding carboxylic acids is 1. The van der Waals surface area contributed by atoms with Gasteiger partial charge in [0.05, 0.1) is 11.9 Å². The molecular formula is C17H10F4N6O4. The van der Waals surface area contributed by atoms with Crippen LogP contribution < -0.4 is 21.3 Å². The number of hydrogen-bond acceptors (Lipinski definition) is 6. The van der Waals surface area contributed by atoms with Crippen LogP contribution in [0.2, 0.25) is 0 Å². The molecule has 0 spiro atoms. The second kappa shape index (κ2) is 8.14. The van der Waals surface area contributed by atoms with E-state index in [4.69, 9.17) is 5.26 Å². The maximum Gasteiger partial charge on any atom is 0.573 e. The molecule has 0 aliphatic heterocycles. The molecule has 1 aromatic carbocycles. The fourth-order valence-electron chi connectivity index (χ4n) is 2.45. The standard InChI is InChI=1S/C17H10F4N6O4/c18-12-7-26(16(30)24-15(12)29)8-14(28)23-13-5-9(6-22)25-27(13)10-1-3-11(4-2-10)31-17(19,20)21/h1-5,7H,8H2,(H,23,28)(H,24,29,30). The molecule has 1 amide bonds. The van der Waals surface area contributed by atoms with E-state index in [2.05, 4.69) is 15.2 Å². The maximum atomic E-state index is 13.3. The van der Waals surface area contributed by atoms with Crippen molar-refractivity contribution in [2.45, 2.75) is 12.9 Å². The molecular weight excluding hydrogens is 428 g/mol. The molecule has 10 nitrogen and oxygen atoms in total. The molecule has 2 heterocycles. The molecule has 0 bridgehead atoms. The first-order chi connectivity index (χ1) is 14.6. The monoisotopic (exact) mass is 438 g/mol. The van der Waals surface area contributed by atoms with Crippen LogP contribution in [0, 0.1) is 17.1 Å². The molecule has 0 unspecified atom stereocenters. The summed E-state index contributed by atoms with van der Waals surface area (Å²) in [6.07, 6.45) is -4.32. The Morgan fingerprint density at radius 3 is 2.55 bits per heavy atom. The molecule has 2 N–H and O–H groups in total. The summed E-state index contributed by atoms with van der Waals surface area (Å²) < 4.78 is 55.6. The van der Waals surface area contributed by atoms with Gasteiger partial charge in [0, 0.05) is 6.07 Å². The Hall–Kier alpha value is -4.41. The zero-order valence-electron chi connectivity index (χ0n) is 15.1. The number of halogens is 4. The van der Waals surface area contributed by atoms with Gasteiger partial charge in [0.2, 0.25) is 11.7 Å². The highest BCUT2D eigenvalue weighted by Crippen LogP contribution is 2.25. The fourth-order valence-corrected chi connectivity index (χ4v) is 2.45. The van der Waals surface area contributed by atoms with Crippen LogP contribution in [0.1, 0.15) is 5.69 Å². The van der Waals surface area contributed by atoms with Crippen LogP contribution in [0.5, 0.6) is 5.75 Å². The maximum absolute atomic E-state index is 13.3. The Bertz CT molecular complexity index is 1280. The van der Waals surface area contributed by atoms with Crippen LogP contribution in [0.3, 0.4) is 0 Å². The lowest BCUT2D eigenvalue weighted by Crippen LogP contribution is -2.34. The second-order valence-electron chi connectivity index (χ2n) is 5.89. The van der Waals surface area contributed by atoms with E-state index in [1.165, 1.54) is 18.2 Å². The number of benzene rings is 1. The van der Waals surface area contributed by atoms with Crippen molar-refractivity contribution in [2.75, 3.05) is 5.32 Å². The largest absolute Gasteiger partial charge is 0.573 e. The third-order valence-electron chi connectivity index (χ3n) is 3.69. The topological polar surface area (TPSA) is 135 Å². The number of aromatic amines is 1. The minimum absolute atomic E-state index is 0.0519. The van der Waals surface area contributed by atoms with Crippen LogP contribution in [-0.4, -0.2) is 31.6 Å². The van der Waals surface area contributed by atoms with Crippen molar-refractivity contribution in [3.63, 3.8) is 0 Å². The first-order valence-corrected chi connectivity index (χ1v) is 8.21. The van der Waals surface area contributed by atoms with Gasteiger partial charge in [-0.3, -0.25) is 19.1 Å². The summed E-state index contributed by atoms with van der Waals surface area (Å²) in [6.45, 7) is -0.683. The predicted octanol–water partition coefficient (Wildman–Crippen LogP) is 1.27. The number of alkyl halides is 3. The molecule has 2 aromatic heterocycles. The highest BCUT2D eigenvalue weighted by Gasteiger charge is 2.31. The van der Waals surface area contributed by atoms with E-state index in [9.17, 15) is 31.9 Å². The van der Waals surface area contributed by atoms with Crippen molar-refractivity contribution in [1.29, 1.82) is 5.26 Å². The van der Waals surface area contributed by atoms with Gasteiger partial charge in [-0.15, -0.1) is 13.2 Å². The van der Waals surface area contributed by atoms with E-state index in [-0.39, 0.29) is 17.2 Å². The van der Waals surface area contributed by atoms with Crippen LogP contribution in [0.25, 0.3) is 5.69 Å². The molecule has 31 heavy (non-hydrogen) atoms. The van der Waals surface area contributed by atoms with Crippen LogP contribution in [-0.2, 0) is 11.3 Å². The Morgan fingerprint density at radius 1 is 1.26 bits per heavy atom. The summed E-state index contributed by atoms with van der Waals surface area (Å²) in [5, 5.41) is 15.3. The Morgan fingerprint density at radius 2 is 1.94 bits per heavy atom. The first kappa shape index (κ1) is 21.3. The summed E-state index contributed by atoms with van der Waals surface area (Å²) in [4.78, 5) is 36.7. The number of anilines is 1. The lowest BCUT2D eigenvalue weighted by Gasteiger charge is -2.11. The van der Waals surface area contributed by atoms with Crippen LogP contribution in [0.15, 0.2) is 46.1 Å². The van der Waals surface area contributed by atoms with Gasteiger partial charge in [-0.2, -0.15) is 14.8 Å². The lowest BCUT2D eigenvalue weighted by molar-refractivity contribution is -0.274. The van der Waals surface area contributed by atoms with E-state index in [0.717, 1.165) is 16.8 Å². The van der Waals surface area contributed by atoms with Crippen molar-refractivity contribution in [1.82, 2.24) is 19.3 Å². The Balaban J connectivity index is 1.84. The van der Waals surface area contributed by atoms with Gasteiger partial charge in [-0.25, -0.2) is 9.48 Å². The highest BCUT2D eigenvalue weighted by atomic mass is 19.4. The van der Waals surface area contributed by atoms with E-state index < -0.39 is 41.6 Å². The number of nitrogens with zero attached hydrogens (tertiary/aromatic N) is 4. The van der Waals surface area contributed by atoms with Crippen molar-refractivity contribution < 1.29 is 27.1 Å². The molecule has 0 saturated carbocycles. The van der Waals surface area contributed by atoms with Gasteiger partial charge in [0.1, 0.15) is 24.2 Å². The van der Waals surface area contributed by atoms with Gasteiger partial charge >= 0.3 is 12.1 Å². The van der Waals surface area contributed by atoms with Gasteiger partial charge < -0.3 is 10.1 Å². The summed E-state index contributed by atoms with van der Waals surface area (Å²) in [5.41, 5.74) is -2.21. The molecule has 3 aromatic rings. The van der Waals surface area contributed by atoms with Crippen molar-refractivity contribution >= 4 is 11.7 Å². The number of ether oxygens (including phenoxy) is 1. The number of H-pyrrole nitrogens is 1. The van der Waals surface area contributed by atoms with E-state index >= 15 is 0 Å². The first-order valence-electron chi connectivity index (χ1n) is 8.21. The molecule has 0 aliphatic carbocycles. The van der Waals surface area contributed by atoms with Gasteiger partial charge in [0.25, 0.3) is 5.56 Å². The molecule has 14 heteroatoms. The molecule has 0 fully saturated rings. The highest BCUT2D eigenvalue weighted by molar-refractivity contribution is 5.90. The average Bonchev–Trinajstić information content (AvgIpc) is 3.08. The predicted molar refractivity (Wildman–Crippen MR) is 94.9 cm³/mol. The minimum Gasteiger partial charge on any atom is -0.406 e. The molecule has 0 saturated heterocycles. The average molecular weight is 438 g/mol. The Labute approximate surface area is 168 Å². The zero-order chi connectivity index (χ0) is 22.8. The van der Waals surface area contributed by atoms with E-state index in [1.54, 1.807) is 11.1 Å². The van der Waals surface area contributed by atoms with E-state index in [0.29, 0.717) is 10.8 Å². The third-order valence-corrected chi connectivity index (χ3v) is 3.69. The van der Waals surface area contributed by atoms with Gasteiger partial charge in [0.15, 0.2) is 5.69 Å². The van der Waals surface area contributed by atoms with Gasteiger partial charge in [-0.05, 0) is 24.3 Å². The number of amides is 1. The molecule has 0 atom stereocenters. The molecule has 0 aliphatic rings. The number of aromatic nitrogens is 4. The smallest absolute Gasteiger partial charge is 0.406 e. The van der Waals surface area contributed by atoms with Crippen molar-refractivity contribution in [2.24, 2.45) is 0 Å². The zero-order valence-corrected chi connectivity index (χ0v) is 15.1. The molecule has 160 valence electrons. The van der Waals surface area contributed by atoms with Crippen LogP contribution >= 0.6 is 0 Å². The number of carbonyl (C=O) groups is 1. The second-order valence-corrected chi connectivity index (χ2v) is 5.89. The SMILES string of the molecule is N#Cc1cc(NC(=O)Cn2cc(F)c(=O)[nH]c2=O)n(-c2ccc(OC(F)(F)F)cc2)n1. The fraction of sp³-hybridized carbons (Fsp3) is 0.118. The van der Waals surface area contributed by atoms with Crippen molar-refractivity contribution in [3.05, 3.63) is 68.9 Å². The van der Waals surface area contributed by atoms with Crippen molar-refractivity contribution in [3.8, 4) is 17.5 Å². The molecule has 3 rings (SSSR count). The number of rotatable bonds is 5. The minimum atomic E-state index is -4.88. The Kier molecular flexibility index (Phi) is 5.60. The molecule has 0 radical (unpaired) electrons. The van der Waals surface area contributed by atoms with Gasteiger partial charge in [-0.1, -0.05) is 0 Å². The number of hydrogen-bond donors (Lipinski definition) is 2. The normalized spacial score (nSPS) is 11.1. The summed E-state index contributed by atoms with van der Waals surface area (Å²) in [5.74, 6) is -2.65. The number of nitrogens with one attached hydrogen (secondary N) is 2. The lowest BCUT2D eigenvalue weighted by atomic mass is 10.3.